The van der Waals surface area contributed by atoms with Gasteiger partial charge in [-0.3, -0.25) is 4.90 Å². The number of hydrogen-bond acceptors (Lipinski definition) is 5. The van der Waals surface area contributed by atoms with Crippen LogP contribution in [-0.2, 0) is 4.74 Å². The third kappa shape index (κ3) is 2.75. The molecular formula is C11H17BrN4O. The molecule has 1 unspecified atom stereocenters. The first-order valence-corrected chi connectivity index (χ1v) is 6.54. The number of aryl methyl sites for hydroxylation is 1. The molecule has 0 amide bonds. The van der Waals surface area contributed by atoms with Crippen LogP contribution in [0.3, 0.4) is 0 Å². The molecule has 0 aliphatic carbocycles. The molecule has 94 valence electrons. The highest BCUT2D eigenvalue weighted by atomic mass is 79.9. The molecule has 0 bridgehead atoms. The molecule has 1 aliphatic heterocycles. The maximum atomic E-state index is 5.83. The van der Waals surface area contributed by atoms with Gasteiger partial charge in [-0.25, -0.2) is 9.97 Å². The van der Waals surface area contributed by atoms with Gasteiger partial charge in [0.15, 0.2) is 5.82 Å². The minimum atomic E-state index is -0.0715. The van der Waals surface area contributed by atoms with Gasteiger partial charge in [0.25, 0.3) is 0 Å². The molecule has 17 heavy (non-hydrogen) atoms. The highest BCUT2D eigenvalue weighted by molar-refractivity contribution is 9.10. The van der Waals surface area contributed by atoms with Crippen LogP contribution in [0.2, 0.25) is 0 Å². The van der Waals surface area contributed by atoms with Gasteiger partial charge in [0.05, 0.1) is 16.8 Å². The Bertz CT molecular complexity index is 389. The van der Waals surface area contributed by atoms with E-state index in [1.54, 1.807) is 0 Å². The summed E-state index contributed by atoms with van der Waals surface area (Å²) in [5.74, 6) is 1.16. The molecule has 0 radical (unpaired) electrons. The van der Waals surface area contributed by atoms with Gasteiger partial charge in [0.2, 0.25) is 0 Å². The maximum absolute atomic E-state index is 5.83. The van der Waals surface area contributed by atoms with Crippen molar-refractivity contribution >= 4 is 21.7 Å². The van der Waals surface area contributed by atoms with Gasteiger partial charge in [0.1, 0.15) is 11.9 Å². The quantitative estimate of drug-likeness (QED) is 0.897. The number of nitrogen functional groups attached to an aromatic ring is 1. The van der Waals surface area contributed by atoms with Crippen LogP contribution in [0.25, 0.3) is 0 Å². The summed E-state index contributed by atoms with van der Waals surface area (Å²) in [6, 6.07) is 0. The van der Waals surface area contributed by atoms with Crippen molar-refractivity contribution in [2.24, 2.45) is 0 Å². The highest BCUT2D eigenvalue weighted by Crippen LogP contribution is 2.25. The Morgan fingerprint density at radius 3 is 2.94 bits per heavy atom. The van der Waals surface area contributed by atoms with E-state index in [2.05, 4.69) is 37.7 Å². The Morgan fingerprint density at radius 1 is 1.53 bits per heavy atom. The molecule has 0 spiro atoms. The SMILES string of the molecule is CCN1CCOC(c2nc(C)c(Br)c(N)n2)C1. The molecule has 1 aromatic heterocycles. The van der Waals surface area contributed by atoms with Crippen LogP contribution in [0.5, 0.6) is 0 Å². The van der Waals surface area contributed by atoms with E-state index in [9.17, 15) is 0 Å². The summed E-state index contributed by atoms with van der Waals surface area (Å²) < 4.78 is 6.48. The van der Waals surface area contributed by atoms with E-state index in [1.807, 2.05) is 6.92 Å². The summed E-state index contributed by atoms with van der Waals surface area (Å²) in [5, 5.41) is 0. The number of hydrogen-bond donors (Lipinski definition) is 1. The second kappa shape index (κ2) is 5.29. The first-order chi connectivity index (χ1) is 8.11. The van der Waals surface area contributed by atoms with E-state index < -0.39 is 0 Å². The Hall–Kier alpha value is -0.720. The number of aromatic nitrogens is 2. The molecule has 6 heteroatoms. The summed E-state index contributed by atoms with van der Waals surface area (Å²) in [6.07, 6.45) is -0.0715. The van der Waals surface area contributed by atoms with Gasteiger partial charge in [0, 0.05) is 13.1 Å². The predicted molar refractivity (Wildman–Crippen MR) is 69.7 cm³/mol. The van der Waals surface area contributed by atoms with Crippen LogP contribution in [0.4, 0.5) is 5.82 Å². The molecule has 1 aliphatic rings. The average Bonchev–Trinajstić information content (AvgIpc) is 2.35. The fraction of sp³-hybridized carbons (Fsp3) is 0.636. The zero-order valence-electron chi connectivity index (χ0n) is 10.1. The Kier molecular flexibility index (Phi) is 3.96. The average molecular weight is 301 g/mol. The Balaban J connectivity index is 2.22. The third-order valence-corrected chi connectivity index (χ3v) is 3.93. The van der Waals surface area contributed by atoms with E-state index in [4.69, 9.17) is 10.5 Å². The molecule has 2 rings (SSSR count). The molecule has 1 saturated heterocycles. The van der Waals surface area contributed by atoms with Crippen molar-refractivity contribution < 1.29 is 4.74 Å². The maximum Gasteiger partial charge on any atom is 0.161 e. The molecule has 1 fully saturated rings. The lowest BCUT2D eigenvalue weighted by molar-refractivity contribution is -0.0325. The van der Waals surface area contributed by atoms with E-state index >= 15 is 0 Å². The molecule has 1 aromatic rings. The molecular weight excluding hydrogens is 284 g/mol. The molecule has 2 heterocycles. The van der Waals surface area contributed by atoms with Gasteiger partial charge < -0.3 is 10.5 Å². The first kappa shape index (κ1) is 12.7. The van der Waals surface area contributed by atoms with Gasteiger partial charge >= 0.3 is 0 Å². The van der Waals surface area contributed by atoms with Crippen LogP contribution in [0, 0.1) is 6.92 Å². The van der Waals surface area contributed by atoms with E-state index in [-0.39, 0.29) is 6.10 Å². The summed E-state index contributed by atoms with van der Waals surface area (Å²) >= 11 is 3.36. The van der Waals surface area contributed by atoms with Gasteiger partial charge in [-0.15, -0.1) is 0 Å². The zero-order valence-corrected chi connectivity index (χ0v) is 11.7. The zero-order chi connectivity index (χ0) is 12.4. The molecule has 0 aromatic carbocycles. The van der Waals surface area contributed by atoms with Crippen LogP contribution in [0.15, 0.2) is 4.47 Å². The van der Waals surface area contributed by atoms with Crippen LogP contribution < -0.4 is 5.73 Å². The van der Waals surface area contributed by atoms with Crippen LogP contribution in [0.1, 0.15) is 24.5 Å². The Morgan fingerprint density at radius 2 is 2.29 bits per heavy atom. The van der Waals surface area contributed by atoms with Crippen molar-refractivity contribution in [3.63, 3.8) is 0 Å². The van der Waals surface area contributed by atoms with Crippen molar-refractivity contribution in [3.05, 3.63) is 16.0 Å². The lowest BCUT2D eigenvalue weighted by atomic mass is 10.2. The fourth-order valence-electron chi connectivity index (χ4n) is 1.89. The monoisotopic (exact) mass is 300 g/mol. The predicted octanol–water partition coefficient (Wildman–Crippen LogP) is 1.52. The second-order valence-corrected chi connectivity index (χ2v) is 4.91. The number of rotatable bonds is 2. The summed E-state index contributed by atoms with van der Waals surface area (Å²) in [6.45, 7) is 7.59. The summed E-state index contributed by atoms with van der Waals surface area (Å²) in [5.41, 5.74) is 6.68. The lowest BCUT2D eigenvalue weighted by Crippen LogP contribution is -2.38. The van der Waals surface area contributed by atoms with Crippen molar-refractivity contribution in [1.29, 1.82) is 0 Å². The summed E-state index contributed by atoms with van der Waals surface area (Å²) in [7, 11) is 0. The smallest absolute Gasteiger partial charge is 0.161 e. The first-order valence-electron chi connectivity index (χ1n) is 5.75. The fourth-order valence-corrected chi connectivity index (χ4v) is 2.07. The molecule has 2 N–H and O–H groups in total. The number of morpholine rings is 1. The topological polar surface area (TPSA) is 64.3 Å². The second-order valence-electron chi connectivity index (χ2n) is 4.12. The van der Waals surface area contributed by atoms with Crippen molar-refractivity contribution in [2.75, 3.05) is 32.0 Å². The standard InChI is InChI=1S/C11H17BrN4O/c1-3-16-4-5-17-8(6-16)11-14-7(2)9(12)10(13)15-11/h8H,3-6H2,1-2H3,(H2,13,14,15). The minimum Gasteiger partial charge on any atom is -0.383 e. The van der Waals surface area contributed by atoms with Crippen LogP contribution in [-0.4, -0.2) is 41.1 Å². The molecule has 1 atom stereocenters. The number of likely N-dealkylation sites (N-methyl/N-ethyl adjacent to an activating group) is 1. The van der Waals surface area contributed by atoms with Gasteiger partial charge in [-0.2, -0.15) is 0 Å². The van der Waals surface area contributed by atoms with E-state index in [1.165, 1.54) is 0 Å². The largest absolute Gasteiger partial charge is 0.383 e. The lowest BCUT2D eigenvalue weighted by Gasteiger charge is -2.31. The Labute approximate surface area is 110 Å². The van der Waals surface area contributed by atoms with E-state index in [0.29, 0.717) is 11.6 Å². The minimum absolute atomic E-state index is 0.0715. The number of anilines is 1. The van der Waals surface area contributed by atoms with Crippen LogP contribution >= 0.6 is 15.9 Å². The van der Waals surface area contributed by atoms with Crippen molar-refractivity contribution in [2.45, 2.75) is 20.0 Å². The van der Waals surface area contributed by atoms with Gasteiger partial charge in [-0.05, 0) is 29.4 Å². The van der Waals surface area contributed by atoms with Crippen molar-refractivity contribution in [3.8, 4) is 0 Å². The normalized spacial score (nSPS) is 21.7. The number of nitrogens with zero attached hydrogens (tertiary/aromatic N) is 3. The third-order valence-electron chi connectivity index (χ3n) is 2.95. The van der Waals surface area contributed by atoms with Crippen molar-refractivity contribution in [1.82, 2.24) is 14.9 Å². The van der Waals surface area contributed by atoms with Gasteiger partial charge in [-0.1, -0.05) is 6.92 Å². The summed E-state index contributed by atoms with van der Waals surface area (Å²) in [4.78, 5) is 11.1. The highest BCUT2D eigenvalue weighted by Gasteiger charge is 2.24. The number of nitrogens with two attached hydrogens (primary N) is 1. The molecule has 5 nitrogen and oxygen atoms in total. The number of halogens is 1. The molecule has 0 saturated carbocycles. The number of ether oxygens (including phenoxy) is 1. The van der Waals surface area contributed by atoms with E-state index in [0.717, 1.165) is 36.4 Å².